The van der Waals surface area contributed by atoms with Crippen molar-refractivity contribution in [2.75, 3.05) is 30.7 Å². The van der Waals surface area contributed by atoms with Crippen LogP contribution in [0.25, 0.3) is 5.76 Å². The zero-order chi connectivity index (χ0) is 25.2. The van der Waals surface area contributed by atoms with Gasteiger partial charge in [-0.05, 0) is 60.9 Å². The highest BCUT2D eigenvalue weighted by atomic mass is 32.1. The summed E-state index contributed by atoms with van der Waals surface area (Å²) in [4.78, 5) is 15.6. The Morgan fingerprint density at radius 2 is 1.80 bits per heavy atom. The summed E-state index contributed by atoms with van der Waals surface area (Å²) in [6.07, 6.45) is 0.930. The number of thiocarbonyl (C=S) groups is 1. The number of hydrogen-bond acceptors (Lipinski definition) is 5. The number of aliphatic hydroxyl groups excluding tert-OH is 1. The SMILES string of the molecule is C=C(O)c1ccc(NC(=S)CN(CCc2ccccc2)C(=O)Cc2ccc(N)c(OCC)c2)cc1. The molecule has 6 nitrogen and oxygen atoms in total. The molecule has 0 aliphatic heterocycles. The molecule has 4 N–H and O–H groups in total. The molecule has 0 atom stereocenters. The standard InChI is InChI=1S/C28H31N3O3S/c1-3-34-26-17-22(9-14-25(26)29)18-28(33)31(16-15-21-7-5-4-6-8-21)19-27(35)30-24-12-10-23(11-13-24)20(2)32/h4-14,17,32H,2-3,15-16,18-19,29H2,1H3,(H,30,35). The number of carbonyl (C=O) groups excluding carboxylic acids is 1. The van der Waals surface area contributed by atoms with E-state index in [1.807, 2.05) is 61.5 Å². The number of nitrogens with two attached hydrogens (primary N) is 1. The number of aliphatic hydroxyl groups is 1. The molecule has 3 aromatic carbocycles. The van der Waals surface area contributed by atoms with Gasteiger partial charge in [-0.15, -0.1) is 0 Å². The average Bonchev–Trinajstić information content (AvgIpc) is 2.85. The van der Waals surface area contributed by atoms with E-state index in [0.717, 1.165) is 16.8 Å². The number of nitrogens with zero attached hydrogens (tertiary/aromatic N) is 1. The maximum atomic E-state index is 13.3. The van der Waals surface area contributed by atoms with Crippen LogP contribution in [0.1, 0.15) is 23.6 Å². The Kier molecular flexibility index (Phi) is 9.26. The zero-order valence-electron chi connectivity index (χ0n) is 19.9. The van der Waals surface area contributed by atoms with Crippen LogP contribution in [0.4, 0.5) is 11.4 Å². The number of benzene rings is 3. The number of anilines is 2. The predicted molar refractivity (Wildman–Crippen MR) is 147 cm³/mol. The summed E-state index contributed by atoms with van der Waals surface area (Å²) in [5.41, 5.74) is 9.91. The van der Waals surface area contributed by atoms with Crippen molar-refractivity contribution in [2.24, 2.45) is 0 Å². The van der Waals surface area contributed by atoms with Crippen molar-refractivity contribution >= 4 is 40.2 Å². The molecule has 0 saturated carbocycles. The molecule has 0 spiro atoms. The second-order valence-electron chi connectivity index (χ2n) is 8.11. The summed E-state index contributed by atoms with van der Waals surface area (Å²) in [5.74, 6) is 0.552. The maximum Gasteiger partial charge on any atom is 0.227 e. The van der Waals surface area contributed by atoms with Gasteiger partial charge in [0.2, 0.25) is 5.91 Å². The average molecular weight is 490 g/mol. The number of hydrogen-bond donors (Lipinski definition) is 3. The molecule has 0 unspecified atom stereocenters. The first-order valence-electron chi connectivity index (χ1n) is 11.5. The van der Waals surface area contributed by atoms with Gasteiger partial charge in [-0.3, -0.25) is 4.79 Å². The van der Waals surface area contributed by atoms with Crippen molar-refractivity contribution in [1.29, 1.82) is 0 Å². The number of amides is 1. The Hall–Kier alpha value is -3.84. The van der Waals surface area contributed by atoms with Gasteiger partial charge >= 0.3 is 0 Å². The van der Waals surface area contributed by atoms with Crippen LogP contribution in [-0.4, -0.2) is 40.6 Å². The van der Waals surface area contributed by atoms with Crippen LogP contribution in [0.3, 0.4) is 0 Å². The molecule has 0 aromatic heterocycles. The molecule has 7 heteroatoms. The molecule has 1 amide bonds. The first-order chi connectivity index (χ1) is 16.9. The Labute approximate surface area is 212 Å². The predicted octanol–water partition coefficient (Wildman–Crippen LogP) is 5.25. The van der Waals surface area contributed by atoms with Gasteiger partial charge in [-0.2, -0.15) is 0 Å². The molecule has 3 rings (SSSR count). The molecule has 0 aliphatic rings. The van der Waals surface area contributed by atoms with Gasteiger partial charge in [0, 0.05) is 17.8 Å². The number of rotatable bonds is 11. The third-order valence-electron chi connectivity index (χ3n) is 5.44. The number of carbonyl (C=O) groups is 1. The molecule has 0 aliphatic carbocycles. The van der Waals surface area contributed by atoms with Crippen LogP contribution < -0.4 is 15.8 Å². The van der Waals surface area contributed by atoms with Crippen molar-refractivity contribution in [3.8, 4) is 5.75 Å². The van der Waals surface area contributed by atoms with Gasteiger partial charge in [0.1, 0.15) is 11.5 Å². The smallest absolute Gasteiger partial charge is 0.227 e. The quantitative estimate of drug-likeness (QED) is 0.194. The van der Waals surface area contributed by atoms with Crippen molar-refractivity contribution < 1.29 is 14.6 Å². The van der Waals surface area contributed by atoms with Gasteiger partial charge in [-0.25, -0.2) is 0 Å². The molecular formula is C28H31N3O3S. The Morgan fingerprint density at radius 1 is 1.09 bits per heavy atom. The van der Waals surface area contributed by atoms with Gasteiger partial charge in [0.15, 0.2) is 0 Å². The summed E-state index contributed by atoms with van der Waals surface area (Å²) in [5, 5.41) is 12.7. The van der Waals surface area contributed by atoms with E-state index in [0.29, 0.717) is 41.6 Å². The lowest BCUT2D eigenvalue weighted by atomic mass is 10.1. The summed E-state index contributed by atoms with van der Waals surface area (Å²) in [7, 11) is 0. The summed E-state index contributed by atoms with van der Waals surface area (Å²) in [6, 6.07) is 22.6. The van der Waals surface area contributed by atoms with Gasteiger partial charge in [-0.1, -0.05) is 55.2 Å². The number of nitrogens with one attached hydrogen (secondary N) is 1. The van der Waals surface area contributed by atoms with E-state index < -0.39 is 0 Å². The van der Waals surface area contributed by atoms with Gasteiger partial charge in [0.05, 0.1) is 30.2 Å². The van der Waals surface area contributed by atoms with Gasteiger partial charge < -0.3 is 25.8 Å². The fraction of sp³-hybridized carbons (Fsp3) is 0.214. The van der Waals surface area contributed by atoms with E-state index in [4.69, 9.17) is 22.7 Å². The zero-order valence-corrected chi connectivity index (χ0v) is 20.7. The van der Waals surface area contributed by atoms with E-state index in [9.17, 15) is 9.90 Å². The van der Waals surface area contributed by atoms with Crippen LogP contribution in [0, 0.1) is 0 Å². The third kappa shape index (κ3) is 7.86. The van der Waals surface area contributed by atoms with E-state index in [1.54, 1.807) is 23.1 Å². The van der Waals surface area contributed by atoms with Crippen molar-refractivity contribution in [3.05, 3.63) is 96.1 Å². The monoisotopic (exact) mass is 489 g/mol. The fourth-order valence-electron chi connectivity index (χ4n) is 3.58. The van der Waals surface area contributed by atoms with Crippen molar-refractivity contribution in [1.82, 2.24) is 4.90 Å². The van der Waals surface area contributed by atoms with Gasteiger partial charge in [0.25, 0.3) is 0 Å². The first-order valence-corrected chi connectivity index (χ1v) is 11.9. The minimum absolute atomic E-state index is 0.00646. The molecule has 0 bridgehead atoms. The summed E-state index contributed by atoms with van der Waals surface area (Å²) in [6.45, 7) is 6.73. The molecule has 0 saturated heterocycles. The maximum absolute atomic E-state index is 13.3. The normalized spacial score (nSPS) is 10.4. The highest BCUT2D eigenvalue weighted by Gasteiger charge is 2.17. The topological polar surface area (TPSA) is 87.8 Å². The van der Waals surface area contributed by atoms with Crippen molar-refractivity contribution in [3.63, 3.8) is 0 Å². The molecule has 0 fully saturated rings. The Morgan fingerprint density at radius 3 is 2.46 bits per heavy atom. The number of ether oxygens (including phenoxy) is 1. The van der Waals surface area contributed by atoms with E-state index in [2.05, 4.69) is 11.9 Å². The largest absolute Gasteiger partial charge is 0.508 e. The van der Waals surface area contributed by atoms with Crippen LogP contribution in [0.15, 0.2) is 79.4 Å². The minimum atomic E-state index is -0.0378. The molecule has 35 heavy (non-hydrogen) atoms. The third-order valence-corrected chi connectivity index (χ3v) is 5.67. The number of nitrogen functional groups attached to an aromatic ring is 1. The molecular weight excluding hydrogens is 458 g/mol. The van der Waals surface area contributed by atoms with Crippen LogP contribution in [0.5, 0.6) is 5.75 Å². The minimum Gasteiger partial charge on any atom is -0.508 e. The second kappa shape index (κ2) is 12.6. The summed E-state index contributed by atoms with van der Waals surface area (Å²) >= 11 is 5.58. The second-order valence-corrected chi connectivity index (χ2v) is 8.60. The first kappa shape index (κ1) is 25.8. The van der Waals surface area contributed by atoms with Crippen LogP contribution in [0.2, 0.25) is 0 Å². The Balaban J connectivity index is 1.71. The fourth-order valence-corrected chi connectivity index (χ4v) is 3.85. The molecule has 0 radical (unpaired) electrons. The molecule has 3 aromatic rings. The highest BCUT2D eigenvalue weighted by Crippen LogP contribution is 2.23. The van der Waals surface area contributed by atoms with Crippen molar-refractivity contribution in [2.45, 2.75) is 19.8 Å². The highest BCUT2D eigenvalue weighted by molar-refractivity contribution is 7.80. The molecule has 0 heterocycles. The van der Waals surface area contributed by atoms with Crippen LogP contribution >= 0.6 is 12.2 Å². The van der Waals surface area contributed by atoms with E-state index in [1.165, 1.54) is 0 Å². The lowest BCUT2D eigenvalue weighted by Crippen LogP contribution is -2.39. The molecule has 182 valence electrons. The van der Waals surface area contributed by atoms with Crippen LogP contribution in [-0.2, 0) is 17.6 Å². The van der Waals surface area contributed by atoms with E-state index >= 15 is 0 Å². The van der Waals surface area contributed by atoms with E-state index in [-0.39, 0.29) is 24.6 Å². The lowest BCUT2D eigenvalue weighted by Gasteiger charge is -2.24. The lowest BCUT2D eigenvalue weighted by molar-refractivity contribution is -0.129. The Bertz CT molecular complexity index is 1160. The summed E-state index contributed by atoms with van der Waals surface area (Å²) < 4.78 is 5.58.